The fourth-order valence-corrected chi connectivity index (χ4v) is 3.53. The monoisotopic (exact) mass is 411 g/mol. The lowest BCUT2D eigenvalue weighted by Gasteiger charge is -2.23. The summed E-state index contributed by atoms with van der Waals surface area (Å²) in [5.74, 6) is 0.893. The molecular formula is C21H25N5O4. The van der Waals surface area contributed by atoms with Gasteiger partial charge in [0, 0.05) is 31.4 Å². The van der Waals surface area contributed by atoms with Crippen LogP contribution >= 0.6 is 0 Å². The molecule has 0 unspecified atom stereocenters. The van der Waals surface area contributed by atoms with Gasteiger partial charge in [0.2, 0.25) is 5.91 Å². The number of aromatic nitrogens is 2. The van der Waals surface area contributed by atoms with E-state index in [4.69, 9.17) is 20.6 Å². The molecule has 1 aromatic carbocycles. The van der Waals surface area contributed by atoms with Crippen LogP contribution in [-0.4, -0.2) is 58.9 Å². The van der Waals surface area contributed by atoms with Crippen LogP contribution in [0.3, 0.4) is 0 Å². The maximum Gasteiger partial charge on any atom is 0.305 e. The summed E-state index contributed by atoms with van der Waals surface area (Å²) in [6, 6.07) is 7.23. The van der Waals surface area contributed by atoms with Gasteiger partial charge >= 0.3 is 5.97 Å². The van der Waals surface area contributed by atoms with Gasteiger partial charge in [-0.15, -0.1) is 0 Å². The molecule has 1 saturated heterocycles. The number of hydrogen-bond donors (Lipinski definition) is 2. The maximum atomic E-state index is 12.0. The van der Waals surface area contributed by atoms with E-state index in [1.807, 2.05) is 24.3 Å². The van der Waals surface area contributed by atoms with Crippen LogP contribution in [0.4, 0.5) is 0 Å². The molecule has 1 aliphatic rings. The van der Waals surface area contributed by atoms with Crippen LogP contribution in [0.5, 0.6) is 5.75 Å². The lowest BCUT2D eigenvalue weighted by Crippen LogP contribution is -2.37. The summed E-state index contributed by atoms with van der Waals surface area (Å²) in [4.78, 5) is 33.7. The molecule has 9 nitrogen and oxygen atoms in total. The second-order valence-electron chi connectivity index (χ2n) is 7.25. The Kier molecular flexibility index (Phi) is 6.61. The van der Waals surface area contributed by atoms with Gasteiger partial charge in [0.15, 0.2) is 5.82 Å². The lowest BCUT2D eigenvalue weighted by molar-refractivity contribution is -0.142. The summed E-state index contributed by atoms with van der Waals surface area (Å²) in [5, 5.41) is 7.39. The number of nitrogens with one attached hydrogen (secondary N) is 1. The molecule has 158 valence electrons. The first kappa shape index (κ1) is 21.2. The van der Waals surface area contributed by atoms with Crippen LogP contribution < -0.4 is 10.5 Å². The Morgan fingerprint density at radius 2 is 1.90 bits per heavy atom. The van der Waals surface area contributed by atoms with Crippen molar-refractivity contribution in [3.8, 4) is 17.1 Å². The molecule has 9 heteroatoms. The van der Waals surface area contributed by atoms with Crippen molar-refractivity contribution in [3.63, 3.8) is 0 Å². The van der Waals surface area contributed by atoms with Gasteiger partial charge in [0.25, 0.3) is 0 Å². The average molecular weight is 411 g/mol. The molecule has 30 heavy (non-hydrogen) atoms. The summed E-state index contributed by atoms with van der Waals surface area (Å²) >= 11 is 0. The number of nitrogen functional groups attached to an aromatic ring is 1. The summed E-state index contributed by atoms with van der Waals surface area (Å²) in [5.41, 5.74) is 6.69. The number of rotatable bonds is 7. The fraction of sp³-hybridized carbons (Fsp3) is 0.381. The molecule has 0 saturated carbocycles. The Balaban J connectivity index is 1.60. The highest BCUT2D eigenvalue weighted by Gasteiger charge is 2.35. The largest absolute Gasteiger partial charge is 0.491 e. The van der Waals surface area contributed by atoms with E-state index < -0.39 is 0 Å². The minimum atomic E-state index is -0.265. The van der Waals surface area contributed by atoms with Gasteiger partial charge < -0.3 is 20.1 Å². The molecule has 1 amide bonds. The third kappa shape index (κ3) is 5.11. The van der Waals surface area contributed by atoms with E-state index in [2.05, 4.69) is 9.97 Å². The van der Waals surface area contributed by atoms with Crippen LogP contribution in [-0.2, 0) is 14.3 Å². The van der Waals surface area contributed by atoms with Crippen molar-refractivity contribution in [2.24, 2.45) is 11.7 Å². The Morgan fingerprint density at radius 3 is 2.47 bits per heavy atom. The Labute approximate surface area is 174 Å². The van der Waals surface area contributed by atoms with E-state index in [0.29, 0.717) is 43.1 Å². The molecule has 3 N–H and O–H groups in total. The number of amidine groups is 1. The number of nitrogens with zero attached hydrogens (tertiary/aromatic N) is 3. The number of hydrogen-bond acceptors (Lipinski definition) is 7. The molecule has 2 aromatic rings. The molecule has 0 radical (unpaired) electrons. The van der Waals surface area contributed by atoms with Crippen molar-refractivity contribution < 1.29 is 19.1 Å². The first-order valence-corrected chi connectivity index (χ1v) is 9.61. The van der Waals surface area contributed by atoms with Gasteiger partial charge in [0.1, 0.15) is 18.2 Å². The number of amides is 1. The molecule has 1 aromatic heterocycles. The molecule has 2 atom stereocenters. The van der Waals surface area contributed by atoms with Crippen LogP contribution in [0.1, 0.15) is 25.3 Å². The smallest absolute Gasteiger partial charge is 0.305 e. The highest BCUT2D eigenvalue weighted by atomic mass is 16.5. The number of carbonyl (C=O) groups excluding carboxylic acids is 2. The zero-order valence-electron chi connectivity index (χ0n) is 17.0. The van der Waals surface area contributed by atoms with E-state index in [0.717, 1.165) is 5.56 Å². The van der Waals surface area contributed by atoms with Gasteiger partial charge in [-0.05, 0) is 36.6 Å². The summed E-state index contributed by atoms with van der Waals surface area (Å²) < 4.78 is 10.6. The first-order valence-electron chi connectivity index (χ1n) is 9.61. The van der Waals surface area contributed by atoms with Crippen molar-refractivity contribution >= 4 is 17.7 Å². The zero-order chi connectivity index (χ0) is 21.7. The second-order valence-corrected chi connectivity index (χ2v) is 7.25. The zero-order valence-corrected chi connectivity index (χ0v) is 17.0. The van der Waals surface area contributed by atoms with E-state index >= 15 is 0 Å². The summed E-state index contributed by atoms with van der Waals surface area (Å²) in [6.45, 7) is 2.41. The predicted molar refractivity (Wildman–Crippen MR) is 110 cm³/mol. The standard InChI is InChI=1S/C21H25N5O4/c1-13(27)26-11-14(8-19(28)29-2)7-17(26)12-30-18-5-3-15(4-6-18)21-24-9-16(10-25-21)20(22)23/h3-6,9-10,14,17H,7-8,11-12H2,1-2H3,(H3,22,23)/t14-,17-/m0/s1. The Morgan fingerprint density at radius 1 is 1.23 bits per heavy atom. The topological polar surface area (TPSA) is 131 Å². The van der Waals surface area contributed by atoms with E-state index in [1.54, 1.807) is 4.90 Å². The normalized spacial score (nSPS) is 18.1. The number of ether oxygens (including phenoxy) is 2. The van der Waals surface area contributed by atoms with E-state index in [9.17, 15) is 9.59 Å². The highest BCUT2D eigenvalue weighted by Crippen LogP contribution is 2.27. The fourth-order valence-electron chi connectivity index (χ4n) is 3.53. The number of methoxy groups -OCH3 is 1. The quantitative estimate of drug-likeness (QED) is 0.402. The molecular weight excluding hydrogens is 386 g/mol. The van der Waals surface area contributed by atoms with Gasteiger partial charge in [-0.2, -0.15) is 0 Å². The van der Waals surface area contributed by atoms with Crippen molar-refractivity contribution in [1.82, 2.24) is 14.9 Å². The van der Waals surface area contributed by atoms with Crippen LogP contribution in [0.2, 0.25) is 0 Å². The number of carbonyl (C=O) groups is 2. The Bertz CT molecular complexity index is 914. The second kappa shape index (κ2) is 9.34. The summed E-state index contributed by atoms with van der Waals surface area (Å²) in [6.07, 6.45) is 4.02. The van der Waals surface area contributed by atoms with E-state index in [1.165, 1.54) is 26.4 Å². The third-order valence-corrected chi connectivity index (χ3v) is 5.11. The predicted octanol–water partition coefficient (Wildman–Crippen LogP) is 1.61. The molecule has 0 spiro atoms. The van der Waals surface area contributed by atoms with Gasteiger partial charge in [-0.3, -0.25) is 15.0 Å². The lowest BCUT2D eigenvalue weighted by atomic mass is 10.0. The molecule has 0 bridgehead atoms. The molecule has 1 aliphatic heterocycles. The van der Waals surface area contributed by atoms with Crippen molar-refractivity contribution in [3.05, 3.63) is 42.2 Å². The van der Waals surface area contributed by atoms with Crippen LogP contribution in [0.25, 0.3) is 11.4 Å². The third-order valence-electron chi connectivity index (χ3n) is 5.11. The molecule has 3 rings (SSSR count). The summed E-state index contributed by atoms with van der Waals surface area (Å²) in [7, 11) is 1.37. The number of nitrogens with two attached hydrogens (primary N) is 1. The number of likely N-dealkylation sites (tertiary alicyclic amines) is 1. The Hall–Kier alpha value is -3.49. The van der Waals surface area contributed by atoms with Crippen LogP contribution in [0, 0.1) is 11.3 Å². The average Bonchev–Trinajstić information content (AvgIpc) is 3.15. The van der Waals surface area contributed by atoms with Crippen molar-refractivity contribution in [2.75, 3.05) is 20.3 Å². The molecule has 0 aliphatic carbocycles. The van der Waals surface area contributed by atoms with Gasteiger partial charge in [-0.25, -0.2) is 9.97 Å². The first-order chi connectivity index (χ1) is 14.4. The highest BCUT2D eigenvalue weighted by molar-refractivity contribution is 5.94. The maximum absolute atomic E-state index is 12.0. The van der Waals surface area contributed by atoms with Crippen LogP contribution in [0.15, 0.2) is 36.7 Å². The van der Waals surface area contributed by atoms with E-state index in [-0.39, 0.29) is 29.7 Å². The minimum Gasteiger partial charge on any atom is -0.491 e. The number of esters is 1. The van der Waals surface area contributed by atoms with Gasteiger partial charge in [0.05, 0.1) is 25.1 Å². The molecule has 1 fully saturated rings. The molecule has 2 heterocycles. The number of benzene rings is 1. The van der Waals surface area contributed by atoms with Crippen molar-refractivity contribution in [2.45, 2.75) is 25.8 Å². The van der Waals surface area contributed by atoms with Gasteiger partial charge in [-0.1, -0.05) is 0 Å². The SMILES string of the molecule is COC(=O)C[C@@H]1C[C@@H](COc2ccc(-c3ncc(C(=N)N)cn3)cc2)N(C(C)=O)C1. The van der Waals surface area contributed by atoms with Crippen molar-refractivity contribution in [1.29, 1.82) is 5.41 Å². The minimum absolute atomic E-state index is 0.0301.